The minimum absolute atomic E-state index is 0.0656. The molecule has 160 valence electrons. The quantitative estimate of drug-likeness (QED) is 0.374. The first-order valence-electron chi connectivity index (χ1n) is 11.4. The van der Waals surface area contributed by atoms with Crippen LogP contribution in [-0.2, 0) is 4.79 Å². The standard InChI is InChI=1S/C24H31N3O3/c1-2-3-4-21(28)27(30)20-13-26-19-6-5-16(10-18(19)20)23(29)24-11-14-7-15(12-24)9-17(8-14)22(24)25/h5-6,10,13-15,17,22,26,30H,2-4,7-9,11-12,25H2,1H3. The van der Waals surface area contributed by atoms with Crippen molar-refractivity contribution in [2.24, 2.45) is 28.9 Å². The number of nitrogens with zero attached hydrogens (tertiary/aromatic N) is 1. The van der Waals surface area contributed by atoms with E-state index >= 15 is 0 Å². The molecule has 0 aliphatic heterocycles. The molecule has 3 atom stereocenters. The Morgan fingerprint density at radius 3 is 2.67 bits per heavy atom. The average Bonchev–Trinajstić information content (AvgIpc) is 3.17. The first kappa shape index (κ1) is 19.8. The van der Waals surface area contributed by atoms with Gasteiger partial charge in [-0.05, 0) is 74.5 Å². The Labute approximate surface area is 176 Å². The monoisotopic (exact) mass is 409 g/mol. The highest BCUT2D eigenvalue weighted by Gasteiger charge is 2.59. The largest absolute Gasteiger partial charge is 0.359 e. The van der Waals surface area contributed by atoms with Crippen LogP contribution in [0.25, 0.3) is 10.9 Å². The second-order valence-corrected chi connectivity index (χ2v) is 9.86. The Morgan fingerprint density at radius 2 is 1.97 bits per heavy atom. The van der Waals surface area contributed by atoms with Gasteiger partial charge < -0.3 is 10.7 Å². The van der Waals surface area contributed by atoms with Crippen LogP contribution in [0.1, 0.15) is 68.6 Å². The number of carbonyl (C=O) groups excluding carboxylic acids is 2. The summed E-state index contributed by atoms with van der Waals surface area (Å²) in [5.41, 5.74) is 8.05. The van der Waals surface area contributed by atoms with E-state index in [4.69, 9.17) is 5.73 Å². The van der Waals surface area contributed by atoms with E-state index in [1.165, 1.54) is 19.3 Å². The molecule has 1 aromatic carbocycles. The van der Waals surface area contributed by atoms with Gasteiger partial charge in [-0.1, -0.05) is 13.3 Å². The molecule has 4 N–H and O–H groups in total. The minimum Gasteiger partial charge on any atom is -0.359 e. The number of carbonyl (C=O) groups is 2. The number of unbranched alkanes of at least 4 members (excludes halogenated alkanes) is 1. The lowest BCUT2D eigenvalue weighted by molar-refractivity contribution is -0.123. The van der Waals surface area contributed by atoms with Crippen molar-refractivity contribution in [3.05, 3.63) is 30.0 Å². The first-order chi connectivity index (χ1) is 14.4. The van der Waals surface area contributed by atoms with Crippen LogP contribution in [0.15, 0.2) is 24.4 Å². The number of rotatable bonds is 6. The molecule has 6 nitrogen and oxygen atoms in total. The van der Waals surface area contributed by atoms with Crippen LogP contribution in [0.2, 0.25) is 0 Å². The summed E-state index contributed by atoms with van der Waals surface area (Å²) in [5.74, 6) is 1.53. The fourth-order valence-electron chi connectivity index (χ4n) is 6.69. The maximum Gasteiger partial charge on any atom is 0.250 e. The van der Waals surface area contributed by atoms with Crippen molar-refractivity contribution in [3.8, 4) is 0 Å². The highest BCUT2D eigenvalue weighted by atomic mass is 16.5. The number of Topliss-reactive ketones (excluding diaryl/α,β-unsaturated/α-hetero) is 1. The number of aromatic nitrogens is 1. The Bertz CT molecular complexity index is 983. The maximum atomic E-state index is 13.8. The van der Waals surface area contributed by atoms with Gasteiger partial charge in [-0.25, -0.2) is 0 Å². The zero-order valence-electron chi connectivity index (χ0n) is 17.6. The molecule has 4 aliphatic rings. The van der Waals surface area contributed by atoms with E-state index in [2.05, 4.69) is 4.98 Å². The van der Waals surface area contributed by atoms with E-state index in [9.17, 15) is 14.8 Å². The van der Waals surface area contributed by atoms with E-state index in [0.29, 0.717) is 40.8 Å². The first-order valence-corrected chi connectivity index (χ1v) is 11.4. The Hall–Kier alpha value is -2.18. The molecule has 4 bridgehead atoms. The number of ketones is 1. The number of hydrogen-bond donors (Lipinski definition) is 3. The van der Waals surface area contributed by atoms with Crippen LogP contribution >= 0.6 is 0 Å². The highest BCUT2D eigenvalue weighted by Crippen LogP contribution is 2.60. The summed E-state index contributed by atoms with van der Waals surface area (Å²) in [4.78, 5) is 29.2. The van der Waals surface area contributed by atoms with E-state index in [1.54, 1.807) is 6.20 Å². The molecule has 0 radical (unpaired) electrons. The van der Waals surface area contributed by atoms with Crippen molar-refractivity contribution < 1.29 is 14.8 Å². The summed E-state index contributed by atoms with van der Waals surface area (Å²) < 4.78 is 0. The number of aromatic amines is 1. The molecule has 1 aromatic heterocycles. The molecule has 0 saturated heterocycles. The fourth-order valence-corrected chi connectivity index (χ4v) is 6.69. The molecule has 2 aromatic rings. The van der Waals surface area contributed by atoms with Crippen molar-refractivity contribution in [1.29, 1.82) is 0 Å². The van der Waals surface area contributed by atoms with Crippen LogP contribution in [0.4, 0.5) is 5.69 Å². The fraction of sp³-hybridized carbons (Fsp3) is 0.583. The topological polar surface area (TPSA) is 99.4 Å². The summed E-state index contributed by atoms with van der Waals surface area (Å²) in [6, 6.07) is 5.48. The predicted molar refractivity (Wildman–Crippen MR) is 115 cm³/mol. The molecule has 6 heteroatoms. The van der Waals surface area contributed by atoms with Gasteiger partial charge in [0.25, 0.3) is 5.91 Å². The Kier molecular flexibility index (Phi) is 4.75. The third kappa shape index (κ3) is 2.92. The van der Waals surface area contributed by atoms with Crippen molar-refractivity contribution in [2.75, 3.05) is 5.06 Å². The molecule has 3 unspecified atom stereocenters. The number of benzene rings is 1. The molecule has 0 spiro atoms. The van der Waals surface area contributed by atoms with Crippen molar-refractivity contribution in [2.45, 2.75) is 64.3 Å². The summed E-state index contributed by atoms with van der Waals surface area (Å²) in [6.45, 7) is 2.01. The number of hydroxylamine groups is 1. The SMILES string of the molecule is CCCCC(=O)N(O)c1c[nH]c2ccc(C(=O)C34CC5CC(CC(C5)C3N)C4)cc12. The number of fused-ring (bicyclic) bond motifs is 1. The third-order valence-corrected chi connectivity index (χ3v) is 7.97. The van der Waals surface area contributed by atoms with E-state index in [1.807, 2.05) is 25.1 Å². The Balaban J connectivity index is 1.48. The lowest BCUT2D eigenvalue weighted by Crippen LogP contribution is -2.62. The van der Waals surface area contributed by atoms with E-state index in [0.717, 1.165) is 36.3 Å². The van der Waals surface area contributed by atoms with Gasteiger partial charge in [0.1, 0.15) is 0 Å². The maximum absolute atomic E-state index is 13.8. The van der Waals surface area contributed by atoms with Crippen molar-refractivity contribution in [1.82, 2.24) is 4.98 Å². The third-order valence-electron chi connectivity index (χ3n) is 7.97. The van der Waals surface area contributed by atoms with Gasteiger partial charge in [-0.15, -0.1) is 0 Å². The second kappa shape index (κ2) is 7.20. The molecule has 6 rings (SSSR count). The van der Waals surface area contributed by atoms with E-state index < -0.39 is 5.41 Å². The number of amides is 1. The summed E-state index contributed by atoms with van der Waals surface area (Å²) in [6.07, 6.45) is 8.93. The minimum atomic E-state index is -0.450. The zero-order chi connectivity index (χ0) is 21.0. The van der Waals surface area contributed by atoms with Gasteiger partial charge in [0.15, 0.2) is 5.78 Å². The van der Waals surface area contributed by atoms with Crippen LogP contribution in [0.5, 0.6) is 0 Å². The van der Waals surface area contributed by atoms with Gasteiger partial charge in [0.05, 0.1) is 5.69 Å². The van der Waals surface area contributed by atoms with E-state index in [-0.39, 0.29) is 17.7 Å². The number of hydrogen-bond acceptors (Lipinski definition) is 4. The smallest absolute Gasteiger partial charge is 0.250 e. The molecular weight excluding hydrogens is 378 g/mol. The number of nitrogens with one attached hydrogen (secondary N) is 1. The van der Waals surface area contributed by atoms with Gasteiger partial charge >= 0.3 is 0 Å². The molecule has 4 saturated carbocycles. The van der Waals surface area contributed by atoms with Gasteiger partial charge in [0, 0.05) is 40.5 Å². The summed E-state index contributed by atoms with van der Waals surface area (Å²) >= 11 is 0. The molecule has 1 heterocycles. The van der Waals surface area contributed by atoms with Crippen molar-refractivity contribution in [3.63, 3.8) is 0 Å². The molecule has 4 fully saturated rings. The Morgan fingerprint density at radius 1 is 1.23 bits per heavy atom. The van der Waals surface area contributed by atoms with Crippen LogP contribution in [0.3, 0.4) is 0 Å². The number of nitrogens with two attached hydrogens (primary N) is 1. The zero-order valence-corrected chi connectivity index (χ0v) is 17.6. The van der Waals surface area contributed by atoms with Crippen LogP contribution in [0, 0.1) is 23.2 Å². The highest BCUT2D eigenvalue weighted by molar-refractivity contribution is 6.07. The normalized spacial score (nSPS) is 32.0. The van der Waals surface area contributed by atoms with Gasteiger partial charge in [-0.3, -0.25) is 14.8 Å². The van der Waals surface area contributed by atoms with Crippen LogP contribution in [-0.4, -0.2) is 27.9 Å². The number of H-pyrrole nitrogens is 1. The second-order valence-electron chi connectivity index (χ2n) is 9.86. The van der Waals surface area contributed by atoms with Crippen LogP contribution < -0.4 is 10.8 Å². The van der Waals surface area contributed by atoms with Crippen molar-refractivity contribution >= 4 is 28.3 Å². The van der Waals surface area contributed by atoms with Gasteiger partial charge in [0.2, 0.25) is 0 Å². The van der Waals surface area contributed by atoms with Gasteiger partial charge in [-0.2, -0.15) is 5.06 Å². The summed E-state index contributed by atoms with van der Waals surface area (Å²) in [5, 5.41) is 11.9. The molecular formula is C24H31N3O3. The number of anilines is 1. The average molecular weight is 410 g/mol. The lowest BCUT2D eigenvalue weighted by Gasteiger charge is -2.59. The lowest BCUT2D eigenvalue weighted by atomic mass is 9.46. The predicted octanol–water partition coefficient (Wildman–Crippen LogP) is 4.42. The molecule has 4 aliphatic carbocycles. The summed E-state index contributed by atoms with van der Waals surface area (Å²) in [7, 11) is 0. The molecule has 1 amide bonds. The molecule has 30 heavy (non-hydrogen) atoms.